The second kappa shape index (κ2) is 6.85. The third kappa shape index (κ3) is 3.46. The summed E-state index contributed by atoms with van der Waals surface area (Å²) in [5, 5.41) is 0. The lowest BCUT2D eigenvalue weighted by molar-refractivity contribution is -0.142. The highest BCUT2D eigenvalue weighted by Crippen LogP contribution is 2.48. The molecule has 1 aliphatic carbocycles. The number of carbonyl (C=O) groups excluding carboxylic acids is 2. The second-order valence-electron chi connectivity index (χ2n) is 8.10. The Balaban J connectivity index is 1.33. The van der Waals surface area contributed by atoms with E-state index in [-0.39, 0.29) is 29.6 Å². The van der Waals surface area contributed by atoms with Crippen LogP contribution in [0.5, 0.6) is 0 Å². The van der Waals surface area contributed by atoms with Gasteiger partial charge in [-0.05, 0) is 50.2 Å². The Kier molecular flexibility index (Phi) is 4.57. The van der Waals surface area contributed by atoms with Gasteiger partial charge in [-0.15, -0.1) is 0 Å². The zero-order valence-corrected chi connectivity index (χ0v) is 15.0. The molecule has 0 unspecified atom stereocenters. The largest absolute Gasteiger partial charge is 0.469 e. The van der Waals surface area contributed by atoms with Gasteiger partial charge in [0.1, 0.15) is 5.76 Å². The standard InChI is InChI=1S/C20H28N2O3/c1-14-6-9-21(10-7-14)19(23)15-4-2-8-22(13-15)20(24)17-12-16(17)18-5-3-11-25-18/h3,5,11,14-17H,2,4,6-10,12-13H2,1H3/t15-,16+,17-/m1/s1. The Hall–Kier alpha value is -1.78. The molecule has 3 atom stereocenters. The van der Waals surface area contributed by atoms with Crippen molar-refractivity contribution >= 4 is 11.8 Å². The van der Waals surface area contributed by atoms with Crippen molar-refractivity contribution in [3.8, 4) is 0 Å². The van der Waals surface area contributed by atoms with E-state index in [1.54, 1.807) is 6.26 Å². The minimum atomic E-state index is -0.00748. The number of rotatable bonds is 3. The lowest BCUT2D eigenvalue weighted by Gasteiger charge is -2.37. The van der Waals surface area contributed by atoms with Crippen molar-refractivity contribution in [2.24, 2.45) is 17.8 Å². The number of nitrogens with zero attached hydrogens (tertiary/aromatic N) is 2. The van der Waals surface area contributed by atoms with Crippen molar-refractivity contribution in [1.29, 1.82) is 0 Å². The SMILES string of the molecule is CC1CCN(C(=O)[C@@H]2CCCN(C(=O)[C@@H]3C[C@@H]3c3ccco3)C2)CC1. The van der Waals surface area contributed by atoms with Crippen LogP contribution >= 0.6 is 0 Å². The molecule has 3 fully saturated rings. The number of amides is 2. The van der Waals surface area contributed by atoms with Crippen LogP contribution < -0.4 is 0 Å². The summed E-state index contributed by atoms with van der Waals surface area (Å²) in [6.45, 7) is 5.42. The molecule has 5 heteroatoms. The maximum atomic E-state index is 12.8. The third-order valence-corrected chi connectivity index (χ3v) is 6.19. The van der Waals surface area contributed by atoms with Gasteiger partial charge in [0.05, 0.1) is 12.2 Å². The molecule has 0 bridgehead atoms. The van der Waals surface area contributed by atoms with Crippen molar-refractivity contribution < 1.29 is 14.0 Å². The Morgan fingerprint density at radius 2 is 1.88 bits per heavy atom. The monoisotopic (exact) mass is 344 g/mol. The molecule has 3 aliphatic rings. The molecule has 4 rings (SSSR count). The molecule has 5 nitrogen and oxygen atoms in total. The number of likely N-dealkylation sites (tertiary alicyclic amines) is 2. The van der Waals surface area contributed by atoms with Crippen LogP contribution in [0, 0.1) is 17.8 Å². The summed E-state index contributed by atoms with van der Waals surface area (Å²) in [5.74, 6) is 2.41. The van der Waals surface area contributed by atoms with Crippen molar-refractivity contribution in [3.05, 3.63) is 24.2 Å². The van der Waals surface area contributed by atoms with Gasteiger partial charge < -0.3 is 14.2 Å². The van der Waals surface area contributed by atoms with Gasteiger partial charge in [-0.3, -0.25) is 9.59 Å². The molecule has 0 radical (unpaired) electrons. The zero-order chi connectivity index (χ0) is 17.4. The molecule has 2 aliphatic heterocycles. The first kappa shape index (κ1) is 16.7. The minimum absolute atomic E-state index is 0.00748. The highest BCUT2D eigenvalue weighted by Gasteiger charge is 2.48. The molecule has 2 amide bonds. The van der Waals surface area contributed by atoms with Crippen LogP contribution in [-0.4, -0.2) is 47.8 Å². The van der Waals surface area contributed by atoms with Gasteiger partial charge in [-0.2, -0.15) is 0 Å². The van der Waals surface area contributed by atoms with E-state index in [4.69, 9.17) is 4.42 Å². The molecule has 1 saturated carbocycles. The third-order valence-electron chi connectivity index (χ3n) is 6.19. The van der Waals surface area contributed by atoms with E-state index >= 15 is 0 Å². The molecule has 25 heavy (non-hydrogen) atoms. The molecule has 0 N–H and O–H groups in total. The van der Waals surface area contributed by atoms with Crippen molar-refractivity contribution in [1.82, 2.24) is 9.80 Å². The van der Waals surface area contributed by atoms with Crippen LogP contribution in [0.1, 0.15) is 50.7 Å². The van der Waals surface area contributed by atoms with Crippen LogP contribution in [0.2, 0.25) is 0 Å². The predicted octanol–water partition coefficient (Wildman–Crippen LogP) is 2.88. The Morgan fingerprint density at radius 1 is 1.08 bits per heavy atom. The number of hydrogen-bond donors (Lipinski definition) is 0. The van der Waals surface area contributed by atoms with Gasteiger partial charge in [0.15, 0.2) is 0 Å². The van der Waals surface area contributed by atoms with Gasteiger partial charge in [0, 0.05) is 38.0 Å². The van der Waals surface area contributed by atoms with Gasteiger partial charge >= 0.3 is 0 Å². The Labute approximate surface area is 149 Å². The maximum absolute atomic E-state index is 12.8. The van der Waals surface area contributed by atoms with E-state index in [0.717, 1.165) is 63.4 Å². The summed E-state index contributed by atoms with van der Waals surface area (Å²) in [5.41, 5.74) is 0. The normalized spacial score (nSPS) is 30.4. The molecule has 1 aromatic heterocycles. The summed E-state index contributed by atoms with van der Waals surface area (Å²) in [6.07, 6.45) is 6.61. The van der Waals surface area contributed by atoms with Crippen LogP contribution in [0.15, 0.2) is 22.8 Å². The van der Waals surface area contributed by atoms with E-state index in [9.17, 15) is 9.59 Å². The van der Waals surface area contributed by atoms with Crippen molar-refractivity contribution in [2.75, 3.05) is 26.2 Å². The first-order chi connectivity index (χ1) is 12.1. The van der Waals surface area contributed by atoms with Gasteiger partial charge in [-0.25, -0.2) is 0 Å². The summed E-state index contributed by atoms with van der Waals surface area (Å²) in [7, 11) is 0. The zero-order valence-electron chi connectivity index (χ0n) is 15.0. The van der Waals surface area contributed by atoms with E-state index < -0.39 is 0 Å². The average Bonchev–Trinajstić information content (AvgIpc) is 3.25. The Bertz CT molecular complexity index is 619. The van der Waals surface area contributed by atoms with E-state index in [2.05, 4.69) is 6.92 Å². The van der Waals surface area contributed by atoms with Gasteiger partial charge in [0.2, 0.25) is 11.8 Å². The summed E-state index contributed by atoms with van der Waals surface area (Å²) in [4.78, 5) is 29.6. The minimum Gasteiger partial charge on any atom is -0.469 e. The van der Waals surface area contributed by atoms with Gasteiger partial charge in [0.25, 0.3) is 0 Å². The maximum Gasteiger partial charge on any atom is 0.227 e. The first-order valence-electron chi connectivity index (χ1n) is 9.74. The smallest absolute Gasteiger partial charge is 0.227 e. The number of hydrogen-bond acceptors (Lipinski definition) is 3. The van der Waals surface area contributed by atoms with Gasteiger partial charge in [-0.1, -0.05) is 6.92 Å². The Morgan fingerprint density at radius 3 is 2.60 bits per heavy atom. The molecule has 2 saturated heterocycles. The number of carbonyl (C=O) groups is 2. The summed E-state index contributed by atoms with van der Waals surface area (Å²) >= 11 is 0. The molecule has 1 aromatic rings. The molecule has 0 spiro atoms. The fourth-order valence-electron chi connectivity index (χ4n) is 4.39. The molecule has 0 aromatic carbocycles. The molecule has 3 heterocycles. The van der Waals surface area contributed by atoms with Crippen LogP contribution in [0.3, 0.4) is 0 Å². The van der Waals surface area contributed by atoms with E-state index in [1.807, 2.05) is 21.9 Å². The quantitative estimate of drug-likeness (QED) is 0.847. The van der Waals surface area contributed by atoms with Crippen LogP contribution in [-0.2, 0) is 9.59 Å². The lowest BCUT2D eigenvalue weighted by atomic mass is 9.93. The van der Waals surface area contributed by atoms with Crippen molar-refractivity contribution in [3.63, 3.8) is 0 Å². The number of piperidine rings is 2. The fourth-order valence-corrected chi connectivity index (χ4v) is 4.39. The molecule has 136 valence electrons. The highest BCUT2D eigenvalue weighted by molar-refractivity contribution is 5.84. The van der Waals surface area contributed by atoms with E-state index in [1.165, 1.54) is 0 Å². The lowest BCUT2D eigenvalue weighted by Crippen LogP contribution is -2.48. The number of furan rings is 1. The molecular weight excluding hydrogens is 316 g/mol. The molecular formula is C20H28N2O3. The van der Waals surface area contributed by atoms with Crippen molar-refractivity contribution in [2.45, 2.75) is 44.9 Å². The van der Waals surface area contributed by atoms with Crippen LogP contribution in [0.25, 0.3) is 0 Å². The first-order valence-corrected chi connectivity index (χ1v) is 9.74. The highest BCUT2D eigenvalue weighted by atomic mass is 16.3. The average molecular weight is 344 g/mol. The second-order valence-corrected chi connectivity index (χ2v) is 8.10. The van der Waals surface area contributed by atoms with E-state index in [0.29, 0.717) is 6.54 Å². The summed E-state index contributed by atoms with van der Waals surface area (Å²) in [6, 6.07) is 3.84. The summed E-state index contributed by atoms with van der Waals surface area (Å²) < 4.78 is 5.44. The fraction of sp³-hybridized carbons (Fsp3) is 0.700. The van der Waals surface area contributed by atoms with Crippen LogP contribution in [0.4, 0.5) is 0 Å². The topological polar surface area (TPSA) is 53.8 Å². The predicted molar refractivity (Wildman–Crippen MR) is 93.8 cm³/mol.